The molecule has 0 spiro atoms. The van der Waals surface area contributed by atoms with Crippen molar-refractivity contribution >= 4 is 21.7 Å². The summed E-state index contributed by atoms with van der Waals surface area (Å²) >= 11 is 0. The molecule has 0 saturated carbocycles. The van der Waals surface area contributed by atoms with Crippen LogP contribution in [0.4, 0.5) is 11.9 Å². The van der Waals surface area contributed by atoms with E-state index in [0.29, 0.717) is 18.4 Å². The predicted octanol–water partition coefficient (Wildman–Crippen LogP) is 0.937. The Kier molecular flexibility index (Phi) is 6.60. The van der Waals surface area contributed by atoms with Crippen molar-refractivity contribution in [2.24, 2.45) is 0 Å². The summed E-state index contributed by atoms with van der Waals surface area (Å²) in [4.78, 5) is 12.4. The normalized spacial score (nSPS) is 11.5. The number of anilines is 2. The minimum atomic E-state index is -3.02. The highest BCUT2D eigenvalue weighted by Crippen LogP contribution is 2.12. The SMILES string of the molecule is CCNc1nc(NCCS(=O)(=O)CC)nc(OC(C)C)n1. The lowest BCUT2D eigenvalue weighted by Gasteiger charge is -2.11. The van der Waals surface area contributed by atoms with Gasteiger partial charge in [-0.15, -0.1) is 0 Å². The molecule has 0 aromatic carbocycles. The molecule has 1 rings (SSSR count). The topological polar surface area (TPSA) is 106 Å². The number of nitrogens with zero attached hydrogens (tertiary/aromatic N) is 3. The molecule has 0 fully saturated rings. The summed E-state index contributed by atoms with van der Waals surface area (Å²) in [7, 11) is -3.02. The van der Waals surface area contributed by atoms with Crippen LogP contribution in [0.1, 0.15) is 27.7 Å². The van der Waals surface area contributed by atoms with Crippen LogP contribution in [0.3, 0.4) is 0 Å². The molecule has 120 valence electrons. The predicted molar refractivity (Wildman–Crippen MR) is 82.6 cm³/mol. The maximum atomic E-state index is 11.4. The number of hydrogen-bond acceptors (Lipinski definition) is 8. The molecule has 9 heteroatoms. The summed E-state index contributed by atoms with van der Waals surface area (Å²) in [6.45, 7) is 8.20. The monoisotopic (exact) mass is 317 g/mol. The van der Waals surface area contributed by atoms with E-state index in [0.717, 1.165) is 0 Å². The molecule has 0 amide bonds. The Morgan fingerprint density at radius 3 is 2.24 bits per heavy atom. The smallest absolute Gasteiger partial charge is 0.323 e. The number of rotatable bonds is 9. The number of aromatic nitrogens is 3. The fourth-order valence-electron chi connectivity index (χ4n) is 1.40. The van der Waals surface area contributed by atoms with E-state index < -0.39 is 9.84 Å². The largest absolute Gasteiger partial charge is 0.461 e. The summed E-state index contributed by atoms with van der Waals surface area (Å²) in [6.07, 6.45) is -0.0600. The van der Waals surface area contributed by atoms with Gasteiger partial charge in [-0.2, -0.15) is 15.0 Å². The van der Waals surface area contributed by atoms with E-state index in [4.69, 9.17) is 4.74 Å². The molecule has 21 heavy (non-hydrogen) atoms. The van der Waals surface area contributed by atoms with Crippen LogP contribution < -0.4 is 15.4 Å². The lowest BCUT2D eigenvalue weighted by Crippen LogP contribution is -2.19. The zero-order chi connectivity index (χ0) is 15.9. The molecule has 2 N–H and O–H groups in total. The van der Waals surface area contributed by atoms with E-state index in [1.165, 1.54) is 0 Å². The second kappa shape index (κ2) is 7.96. The average Bonchev–Trinajstić information content (AvgIpc) is 2.38. The molecule has 1 aromatic rings. The van der Waals surface area contributed by atoms with Gasteiger partial charge in [0.05, 0.1) is 11.9 Å². The van der Waals surface area contributed by atoms with Gasteiger partial charge in [0.25, 0.3) is 0 Å². The first-order valence-electron chi connectivity index (χ1n) is 6.97. The van der Waals surface area contributed by atoms with Crippen LogP contribution in [-0.4, -0.2) is 54.1 Å². The van der Waals surface area contributed by atoms with E-state index >= 15 is 0 Å². The number of hydrogen-bond donors (Lipinski definition) is 2. The van der Waals surface area contributed by atoms with Crippen molar-refractivity contribution in [3.63, 3.8) is 0 Å². The molecule has 1 heterocycles. The van der Waals surface area contributed by atoms with Crippen molar-refractivity contribution in [1.29, 1.82) is 0 Å². The molecular weight excluding hydrogens is 294 g/mol. The molecule has 0 aliphatic rings. The highest BCUT2D eigenvalue weighted by atomic mass is 32.2. The number of sulfone groups is 1. The molecule has 0 atom stereocenters. The Morgan fingerprint density at radius 2 is 1.71 bits per heavy atom. The maximum absolute atomic E-state index is 11.4. The molecule has 8 nitrogen and oxygen atoms in total. The molecule has 1 aromatic heterocycles. The Balaban J connectivity index is 2.77. The molecular formula is C12H23N5O3S. The molecule has 0 saturated heterocycles. The molecule has 0 aliphatic heterocycles. The van der Waals surface area contributed by atoms with Gasteiger partial charge < -0.3 is 15.4 Å². The molecule has 0 bridgehead atoms. The Labute approximate surface area is 125 Å². The van der Waals surface area contributed by atoms with Crippen LogP contribution in [0.25, 0.3) is 0 Å². The standard InChI is InChI=1S/C12H23N5O3S/c1-5-13-10-15-11(14-7-8-21(18,19)6-2)17-12(16-10)20-9(3)4/h9H,5-8H2,1-4H3,(H2,13,14,15,16,17). The molecule has 0 unspecified atom stereocenters. The third-order valence-electron chi connectivity index (χ3n) is 2.43. The van der Waals surface area contributed by atoms with Gasteiger partial charge in [0.1, 0.15) is 0 Å². The van der Waals surface area contributed by atoms with E-state index in [1.54, 1.807) is 6.92 Å². The van der Waals surface area contributed by atoms with E-state index in [-0.39, 0.29) is 30.2 Å². The molecule has 0 aliphatic carbocycles. The lowest BCUT2D eigenvalue weighted by molar-refractivity contribution is 0.222. The summed E-state index contributed by atoms with van der Waals surface area (Å²) in [5.41, 5.74) is 0. The van der Waals surface area contributed by atoms with Crippen molar-refractivity contribution in [2.45, 2.75) is 33.8 Å². The van der Waals surface area contributed by atoms with Crippen molar-refractivity contribution in [3.05, 3.63) is 0 Å². The van der Waals surface area contributed by atoms with Crippen LogP contribution in [0.2, 0.25) is 0 Å². The summed E-state index contributed by atoms with van der Waals surface area (Å²) in [6, 6.07) is 0.205. The first-order valence-corrected chi connectivity index (χ1v) is 8.79. The Morgan fingerprint density at radius 1 is 1.10 bits per heavy atom. The Hall–Kier alpha value is -1.64. The fraction of sp³-hybridized carbons (Fsp3) is 0.750. The maximum Gasteiger partial charge on any atom is 0.323 e. The van der Waals surface area contributed by atoms with E-state index in [1.807, 2.05) is 20.8 Å². The first-order chi connectivity index (χ1) is 9.86. The van der Waals surface area contributed by atoms with E-state index in [2.05, 4.69) is 25.6 Å². The second-order valence-electron chi connectivity index (χ2n) is 4.63. The van der Waals surface area contributed by atoms with Crippen molar-refractivity contribution in [1.82, 2.24) is 15.0 Å². The highest BCUT2D eigenvalue weighted by Gasteiger charge is 2.10. The number of nitrogens with one attached hydrogen (secondary N) is 2. The Bertz CT molecular complexity index is 548. The van der Waals surface area contributed by atoms with Gasteiger partial charge in [-0.25, -0.2) is 8.42 Å². The van der Waals surface area contributed by atoms with Gasteiger partial charge in [-0.05, 0) is 20.8 Å². The van der Waals surface area contributed by atoms with Gasteiger partial charge in [0.2, 0.25) is 11.9 Å². The minimum Gasteiger partial charge on any atom is -0.461 e. The van der Waals surface area contributed by atoms with Crippen molar-refractivity contribution in [3.8, 4) is 6.01 Å². The van der Waals surface area contributed by atoms with Gasteiger partial charge in [0, 0.05) is 18.8 Å². The zero-order valence-corrected chi connectivity index (χ0v) is 13.7. The zero-order valence-electron chi connectivity index (χ0n) is 12.9. The third kappa shape index (κ3) is 6.56. The van der Waals surface area contributed by atoms with Gasteiger partial charge in [-0.1, -0.05) is 6.92 Å². The summed E-state index contributed by atoms with van der Waals surface area (Å²) in [5, 5.41) is 5.87. The summed E-state index contributed by atoms with van der Waals surface area (Å²) < 4.78 is 28.3. The first kappa shape index (κ1) is 17.4. The third-order valence-corrected chi connectivity index (χ3v) is 4.13. The lowest BCUT2D eigenvalue weighted by atomic mass is 10.5. The van der Waals surface area contributed by atoms with Crippen LogP contribution in [0.5, 0.6) is 6.01 Å². The van der Waals surface area contributed by atoms with Crippen LogP contribution in [-0.2, 0) is 9.84 Å². The summed E-state index contributed by atoms with van der Waals surface area (Å²) in [5.74, 6) is 0.842. The average molecular weight is 317 g/mol. The van der Waals surface area contributed by atoms with Crippen molar-refractivity contribution < 1.29 is 13.2 Å². The van der Waals surface area contributed by atoms with Crippen LogP contribution in [0.15, 0.2) is 0 Å². The highest BCUT2D eigenvalue weighted by molar-refractivity contribution is 7.91. The second-order valence-corrected chi connectivity index (χ2v) is 7.10. The van der Waals surface area contributed by atoms with Crippen LogP contribution >= 0.6 is 0 Å². The van der Waals surface area contributed by atoms with Crippen molar-refractivity contribution in [2.75, 3.05) is 35.2 Å². The minimum absolute atomic E-state index is 0.0338. The number of ether oxygens (including phenoxy) is 1. The van der Waals surface area contributed by atoms with Gasteiger partial charge in [-0.3, -0.25) is 0 Å². The van der Waals surface area contributed by atoms with Crippen LogP contribution in [0, 0.1) is 0 Å². The molecule has 0 radical (unpaired) electrons. The van der Waals surface area contributed by atoms with Gasteiger partial charge in [0.15, 0.2) is 9.84 Å². The van der Waals surface area contributed by atoms with E-state index in [9.17, 15) is 8.42 Å². The quantitative estimate of drug-likeness (QED) is 0.693. The van der Waals surface area contributed by atoms with Gasteiger partial charge >= 0.3 is 6.01 Å². The fourth-order valence-corrected chi connectivity index (χ4v) is 2.10.